The van der Waals surface area contributed by atoms with Gasteiger partial charge in [0.05, 0.1) is 19.1 Å². The summed E-state index contributed by atoms with van der Waals surface area (Å²) >= 11 is 0. The molecule has 0 aromatic carbocycles. The van der Waals surface area contributed by atoms with Crippen molar-refractivity contribution in [3.63, 3.8) is 0 Å². The average molecular weight is 398 g/mol. The molecule has 2 aliphatic heterocycles. The zero-order valence-corrected chi connectivity index (χ0v) is 17.4. The first kappa shape index (κ1) is 21.5. The fourth-order valence-electron chi connectivity index (χ4n) is 5.05. The number of hydrogen-bond acceptors (Lipinski definition) is 6. The first-order chi connectivity index (χ1) is 13.5. The Labute approximate surface area is 167 Å². The van der Waals surface area contributed by atoms with Crippen LogP contribution in [-0.2, 0) is 19.0 Å². The SMILES string of the molecule is CCN(C(=O)NCCCOC)C(=O)[C@@H]1C[C@@H]2CC3(CC[C@H]2N(C)C1)OCCO3. The number of amides is 3. The Bertz CT molecular complexity index is 552. The van der Waals surface area contributed by atoms with E-state index < -0.39 is 5.79 Å². The van der Waals surface area contributed by atoms with E-state index in [1.165, 1.54) is 4.90 Å². The Kier molecular flexibility index (Phi) is 7.31. The lowest BCUT2D eigenvalue weighted by Gasteiger charge is -2.49. The Balaban J connectivity index is 1.60. The van der Waals surface area contributed by atoms with Gasteiger partial charge in [0.2, 0.25) is 5.91 Å². The van der Waals surface area contributed by atoms with Gasteiger partial charge in [-0.05, 0) is 39.2 Å². The second kappa shape index (κ2) is 9.52. The van der Waals surface area contributed by atoms with E-state index in [1.54, 1.807) is 7.11 Å². The van der Waals surface area contributed by atoms with Gasteiger partial charge in [-0.1, -0.05) is 0 Å². The molecule has 3 rings (SSSR count). The molecule has 0 radical (unpaired) electrons. The van der Waals surface area contributed by atoms with Crippen LogP contribution < -0.4 is 5.32 Å². The maximum Gasteiger partial charge on any atom is 0.324 e. The van der Waals surface area contributed by atoms with Crippen LogP contribution in [0.15, 0.2) is 0 Å². The minimum Gasteiger partial charge on any atom is -0.385 e. The number of imide groups is 1. The molecular weight excluding hydrogens is 362 g/mol. The van der Waals surface area contributed by atoms with Gasteiger partial charge >= 0.3 is 6.03 Å². The van der Waals surface area contributed by atoms with Gasteiger partial charge in [-0.3, -0.25) is 9.69 Å². The molecule has 3 atom stereocenters. The smallest absolute Gasteiger partial charge is 0.324 e. The standard InChI is InChI=1S/C20H35N3O5/c1-4-23(19(25)21-8-5-9-26-3)18(24)16-12-15-13-20(27-10-11-28-20)7-6-17(15)22(2)14-16/h15-17H,4-14H2,1-3H3,(H,21,25)/t15-,16-,17-/m1/s1. The Hall–Kier alpha value is -1.22. The van der Waals surface area contributed by atoms with Crippen LogP contribution in [0.3, 0.4) is 0 Å². The van der Waals surface area contributed by atoms with Crippen molar-refractivity contribution in [3.05, 3.63) is 0 Å². The van der Waals surface area contributed by atoms with Crippen molar-refractivity contribution in [3.8, 4) is 0 Å². The number of methoxy groups -OCH3 is 1. The molecule has 1 aliphatic carbocycles. The van der Waals surface area contributed by atoms with Crippen molar-refractivity contribution in [1.29, 1.82) is 0 Å². The van der Waals surface area contributed by atoms with Crippen LogP contribution in [0.4, 0.5) is 4.79 Å². The highest BCUT2D eigenvalue weighted by atomic mass is 16.7. The van der Waals surface area contributed by atoms with Crippen LogP contribution in [0.2, 0.25) is 0 Å². The highest BCUT2D eigenvalue weighted by molar-refractivity contribution is 5.95. The minimum atomic E-state index is -0.448. The lowest BCUT2D eigenvalue weighted by atomic mass is 9.72. The Morgan fingerprint density at radius 1 is 1.32 bits per heavy atom. The van der Waals surface area contributed by atoms with Crippen molar-refractivity contribution in [2.75, 3.05) is 53.6 Å². The summed E-state index contributed by atoms with van der Waals surface area (Å²) in [5.74, 6) is -0.351. The summed E-state index contributed by atoms with van der Waals surface area (Å²) in [5.41, 5.74) is 0. The van der Waals surface area contributed by atoms with Gasteiger partial charge in [0.25, 0.3) is 0 Å². The largest absolute Gasteiger partial charge is 0.385 e. The minimum absolute atomic E-state index is 0.0788. The average Bonchev–Trinajstić information content (AvgIpc) is 3.12. The molecule has 8 nitrogen and oxygen atoms in total. The van der Waals surface area contributed by atoms with Crippen molar-refractivity contribution >= 4 is 11.9 Å². The number of likely N-dealkylation sites (tertiary alicyclic amines) is 1. The quantitative estimate of drug-likeness (QED) is 0.684. The number of piperidine rings is 1. The van der Waals surface area contributed by atoms with Gasteiger partial charge in [-0.2, -0.15) is 0 Å². The van der Waals surface area contributed by atoms with E-state index >= 15 is 0 Å². The van der Waals surface area contributed by atoms with Crippen LogP contribution in [0.25, 0.3) is 0 Å². The van der Waals surface area contributed by atoms with Crippen molar-refractivity contribution in [1.82, 2.24) is 15.1 Å². The maximum absolute atomic E-state index is 13.1. The van der Waals surface area contributed by atoms with Crippen LogP contribution in [0.5, 0.6) is 0 Å². The van der Waals surface area contributed by atoms with Gasteiger partial charge in [0.15, 0.2) is 5.79 Å². The summed E-state index contributed by atoms with van der Waals surface area (Å²) in [6, 6.07) is 0.149. The predicted molar refractivity (Wildman–Crippen MR) is 104 cm³/mol. The third-order valence-electron chi connectivity index (χ3n) is 6.39. The third kappa shape index (κ3) is 4.67. The number of carbonyl (C=O) groups excluding carboxylic acids is 2. The molecule has 1 saturated carbocycles. The van der Waals surface area contributed by atoms with Crippen LogP contribution >= 0.6 is 0 Å². The lowest BCUT2D eigenvalue weighted by Crippen LogP contribution is -2.57. The van der Waals surface area contributed by atoms with E-state index in [9.17, 15) is 9.59 Å². The second-order valence-corrected chi connectivity index (χ2v) is 8.21. The summed E-state index contributed by atoms with van der Waals surface area (Å²) < 4.78 is 16.8. The van der Waals surface area contributed by atoms with Crippen LogP contribution in [-0.4, -0.2) is 87.2 Å². The Morgan fingerprint density at radius 2 is 2.07 bits per heavy atom. The van der Waals surface area contributed by atoms with Gasteiger partial charge in [0, 0.05) is 52.2 Å². The number of hydrogen-bond donors (Lipinski definition) is 1. The normalized spacial score (nSPS) is 29.5. The van der Waals surface area contributed by atoms with Crippen LogP contribution in [0, 0.1) is 11.8 Å². The summed E-state index contributed by atoms with van der Waals surface area (Å²) in [5, 5.41) is 2.83. The number of rotatable bonds is 6. The molecule has 3 fully saturated rings. The Morgan fingerprint density at radius 3 is 2.75 bits per heavy atom. The first-order valence-corrected chi connectivity index (χ1v) is 10.6. The number of carbonyl (C=O) groups is 2. The van der Waals surface area contributed by atoms with E-state index in [0.29, 0.717) is 51.4 Å². The molecule has 1 N–H and O–H groups in total. The fraction of sp³-hybridized carbons (Fsp3) is 0.900. The van der Waals surface area contributed by atoms with Crippen LogP contribution in [0.1, 0.15) is 39.0 Å². The predicted octanol–water partition coefficient (Wildman–Crippen LogP) is 1.44. The van der Waals surface area contributed by atoms with Crippen molar-refractivity contribution < 1.29 is 23.8 Å². The van der Waals surface area contributed by atoms with E-state index in [-0.39, 0.29) is 17.9 Å². The van der Waals surface area contributed by atoms with Gasteiger partial charge in [-0.25, -0.2) is 4.79 Å². The molecule has 0 bridgehead atoms. The van der Waals surface area contributed by atoms with Gasteiger partial charge in [-0.15, -0.1) is 0 Å². The maximum atomic E-state index is 13.1. The molecule has 8 heteroatoms. The number of ether oxygens (including phenoxy) is 3. The molecule has 0 unspecified atom stereocenters. The van der Waals surface area contributed by atoms with Gasteiger partial charge in [0.1, 0.15) is 0 Å². The van der Waals surface area contributed by atoms with E-state index in [4.69, 9.17) is 14.2 Å². The zero-order valence-electron chi connectivity index (χ0n) is 17.4. The molecule has 28 heavy (non-hydrogen) atoms. The van der Waals surface area contributed by atoms with Crippen molar-refractivity contribution in [2.45, 2.75) is 50.9 Å². The molecule has 1 spiro atoms. The molecule has 2 saturated heterocycles. The van der Waals surface area contributed by atoms with Crippen molar-refractivity contribution in [2.24, 2.45) is 11.8 Å². The zero-order chi connectivity index (χ0) is 20.1. The monoisotopic (exact) mass is 397 g/mol. The van der Waals surface area contributed by atoms with E-state index in [1.807, 2.05) is 6.92 Å². The highest BCUT2D eigenvalue weighted by Gasteiger charge is 2.49. The molecule has 3 aliphatic rings. The number of fused-ring (bicyclic) bond motifs is 1. The number of nitrogens with zero attached hydrogens (tertiary/aromatic N) is 2. The number of urea groups is 1. The highest BCUT2D eigenvalue weighted by Crippen LogP contribution is 2.45. The van der Waals surface area contributed by atoms with E-state index in [0.717, 1.165) is 32.1 Å². The molecule has 0 aromatic rings. The number of nitrogens with one attached hydrogen (secondary N) is 1. The molecular formula is C20H35N3O5. The topological polar surface area (TPSA) is 80.3 Å². The summed E-state index contributed by atoms with van der Waals surface area (Å²) in [6.07, 6.45) is 4.30. The molecule has 0 aromatic heterocycles. The van der Waals surface area contributed by atoms with E-state index in [2.05, 4.69) is 17.3 Å². The third-order valence-corrected chi connectivity index (χ3v) is 6.39. The van der Waals surface area contributed by atoms with Gasteiger partial charge < -0.3 is 24.4 Å². The fourth-order valence-corrected chi connectivity index (χ4v) is 5.05. The first-order valence-electron chi connectivity index (χ1n) is 10.6. The molecule has 2 heterocycles. The summed E-state index contributed by atoms with van der Waals surface area (Å²) in [6.45, 7) is 5.32. The lowest BCUT2D eigenvalue weighted by molar-refractivity contribution is -0.202. The second-order valence-electron chi connectivity index (χ2n) is 8.21. The molecule has 3 amide bonds. The summed E-state index contributed by atoms with van der Waals surface area (Å²) in [4.78, 5) is 29.3. The summed E-state index contributed by atoms with van der Waals surface area (Å²) in [7, 11) is 3.72. The molecule has 160 valence electrons.